The Hall–Kier alpha value is -1.33. The van der Waals surface area contributed by atoms with Crippen LogP contribution in [0.5, 0.6) is 0 Å². The van der Waals surface area contributed by atoms with Gasteiger partial charge in [0.2, 0.25) is 0 Å². The third-order valence-electron chi connectivity index (χ3n) is 5.23. The van der Waals surface area contributed by atoms with Crippen molar-refractivity contribution in [1.82, 2.24) is 9.55 Å². The highest BCUT2D eigenvalue weighted by atomic mass is 32.2. The van der Waals surface area contributed by atoms with Crippen molar-refractivity contribution in [2.24, 2.45) is 11.3 Å². The Morgan fingerprint density at radius 3 is 2.59 bits per heavy atom. The largest absolute Gasteiger partial charge is 0.283 e. The van der Waals surface area contributed by atoms with Gasteiger partial charge < -0.3 is 0 Å². The molecule has 0 saturated heterocycles. The van der Waals surface area contributed by atoms with E-state index in [1.54, 1.807) is 27.7 Å². The number of nitrogens with zero attached hydrogens (tertiary/aromatic N) is 2. The van der Waals surface area contributed by atoms with E-state index in [1.165, 1.54) is 10.4 Å². The zero-order valence-electron chi connectivity index (χ0n) is 17.1. The van der Waals surface area contributed by atoms with Crippen LogP contribution in [0.3, 0.4) is 0 Å². The monoisotopic (exact) mass is 402 g/mol. The molecule has 1 atom stereocenters. The van der Waals surface area contributed by atoms with Crippen LogP contribution in [-0.4, -0.2) is 15.3 Å². The van der Waals surface area contributed by atoms with Crippen molar-refractivity contribution in [3.05, 3.63) is 45.1 Å². The molecule has 0 bridgehead atoms. The molecule has 0 saturated carbocycles. The van der Waals surface area contributed by atoms with Gasteiger partial charge in [-0.05, 0) is 50.0 Å². The van der Waals surface area contributed by atoms with Crippen molar-refractivity contribution in [3.8, 4) is 0 Å². The fourth-order valence-corrected chi connectivity index (χ4v) is 5.87. The minimum absolute atomic E-state index is 0.0962. The molecule has 5 heteroatoms. The molecule has 0 aliphatic heterocycles. The van der Waals surface area contributed by atoms with Crippen LogP contribution >= 0.6 is 23.1 Å². The predicted octanol–water partition coefficient (Wildman–Crippen LogP) is 5.85. The summed E-state index contributed by atoms with van der Waals surface area (Å²) in [7, 11) is 0. The average molecular weight is 403 g/mol. The van der Waals surface area contributed by atoms with Crippen molar-refractivity contribution in [1.29, 1.82) is 0 Å². The highest BCUT2D eigenvalue weighted by Crippen LogP contribution is 2.42. The summed E-state index contributed by atoms with van der Waals surface area (Å²) in [5.41, 5.74) is 3.69. The number of aryl methyl sites for hydroxylation is 1. The number of rotatable bonds is 5. The maximum absolute atomic E-state index is 13.4. The van der Waals surface area contributed by atoms with Crippen molar-refractivity contribution in [3.63, 3.8) is 0 Å². The molecule has 0 amide bonds. The van der Waals surface area contributed by atoms with Gasteiger partial charge in [0, 0.05) is 17.2 Å². The molecule has 2 aromatic heterocycles. The molecular formula is C22H30N2OS2. The zero-order valence-corrected chi connectivity index (χ0v) is 18.8. The van der Waals surface area contributed by atoms with Gasteiger partial charge in [0.15, 0.2) is 5.16 Å². The Morgan fingerprint density at radius 2 is 2.00 bits per heavy atom. The zero-order chi connectivity index (χ0) is 19.9. The Labute approximate surface area is 170 Å². The molecule has 3 nitrogen and oxygen atoms in total. The van der Waals surface area contributed by atoms with E-state index in [1.807, 2.05) is 13.8 Å². The Morgan fingerprint density at radius 1 is 1.30 bits per heavy atom. The fraction of sp³-hybridized carbons (Fsp3) is 0.545. The molecule has 0 radical (unpaired) electrons. The Balaban J connectivity index is 2.12. The molecule has 0 fully saturated rings. The topological polar surface area (TPSA) is 34.9 Å². The van der Waals surface area contributed by atoms with Crippen molar-refractivity contribution >= 4 is 33.3 Å². The van der Waals surface area contributed by atoms with Crippen LogP contribution in [0.15, 0.2) is 34.3 Å². The molecule has 0 spiro atoms. The van der Waals surface area contributed by atoms with E-state index in [0.717, 1.165) is 51.5 Å². The minimum atomic E-state index is 0.0962. The number of hydrogen-bond donors (Lipinski definition) is 0. The first-order valence-electron chi connectivity index (χ1n) is 9.54. The fourth-order valence-electron chi connectivity index (χ4n) is 3.69. The number of thioether (sulfide) groups is 1. The first-order chi connectivity index (χ1) is 12.6. The summed E-state index contributed by atoms with van der Waals surface area (Å²) in [6, 6.07) is 0. The molecule has 1 aliphatic carbocycles. The lowest BCUT2D eigenvalue weighted by molar-refractivity contribution is 0.218. The van der Waals surface area contributed by atoms with Gasteiger partial charge in [0.1, 0.15) is 4.83 Å². The first kappa shape index (κ1) is 20.4. The van der Waals surface area contributed by atoms with E-state index in [2.05, 4.69) is 33.9 Å². The van der Waals surface area contributed by atoms with Crippen LogP contribution in [0, 0.1) is 11.3 Å². The lowest BCUT2D eigenvalue weighted by Gasteiger charge is -2.33. The highest BCUT2D eigenvalue weighted by Gasteiger charge is 2.32. The van der Waals surface area contributed by atoms with Crippen LogP contribution < -0.4 is 5.56 Å². The van der Waals surface area contributed by atoms with E-state index in [9.17, 15) is 4.79 Å². The van der Waals surface area contributed by atoms with Crippen molar-refractivity contribution in [2.45, 2.75) is 65.6 Å². The first-order valence-corrected chi connectivity index (χ1v) is 11.3. The lowest BCUT2D eigenvalue weighted by Crippen LogP contribution is -2.27. The summed E-state index contributed by atoms with van der Waals surface area (Å²) in [5.74, 6) is 1.43. The summed E-state index contributed by atoms with van der Waals surface area (Å²) in [4.78, 5) is 20.6. The van der Waals surface area contributed by atoms with Gasteiger partial charge in [-0.3, -0.25) is 9.36 Å². The van der Waals surface area contributed by atoms with E-state index >= 15 is 0 Å². The summed E-state index contributed by atoms with van der Waals surface area (Å²) in [6.45, 7) is 19.4. The van der Waals surface area contributed by atoms with E-state index in [0.29, 0.717) is 17.9 Å². The van der Waals surface area contributed by atoms with Crippen molar-refractivity contribution < 1.29 is 0 Å². The quantitative estimate of drug-likeness (QED) is 0.357. The van der Waals surface area contributed by atoms with E-state index < -0.39 is 0 Å². The lowest BCUT2D eigenvalue weighted by atomic mass is 9.72. The maximum Gasteiger partial charge on any atom is 0.263 e. The molecule has 2 heterocycles. The maximum atomic E-state index is 13.4. The van der Waals surface area contributed by atoms with Gasteiger partial charge in [-0.1, -0.05) is 56.8 Å². The van der Waals surface area contributed by atoms with Gasteiger partial charge >= 0.3 is 0 Å². The van der Waals surface area contributed by atoms with Crippen LogP contribution in [-0.2, 0) is 19.4 Å². The molecule has 27 heavy (non-hydrogen) atoms. The van der Waals surface area contributed by atoms with E-state index in [4.69, 9.17) is 4.98 Å². The Bertz CT molecular complexity index is 959. The molecule has 1 aliphatic rings. The normalized spacial score (nSPS) is 17.1. The van der Waals surface area contributed by atoms with Gasteiger partial charge in [-0.25, -0.2) is 4.98 Å². The molecule has 146 valence electrons. The average Bonchev–Trinajstić information content (AvgIpc) is 2.92. The summed E-state index contributed by atoms with van der Waals surface area (Å²) < 4.78 is 1.81. The molecular weight excluding hydrogens is 372 g/mol. The third-order valence-corrected chi connectivity index (χ3v) is 7.59. The van der Waals surface area contributed by atoms with Crippen molar-refractivity contribution in [2.75, 3.05) is 5.75 Å². The van der Waals surface area contributed by atoms with Gasteiger partial charge in [-0.2, -0.15) is 0 Å². The molecule has 3 rings (SSSR count). The van der Waals surface area contributed by atoms with Gasteiger partial charge in [0.25, 0.3) is 5.56 Å². The standard InChI is InChI=1S/C22H30N2OS2/c1-13(2)11-24-20(25)18-16-9-8-15(22(5,6)7)10-17(16)27-19(18)23-21(24)26-12-14(3)4/h15H,1,3,8-12H2,2,4-7H3/t15-/m1/s1. The third kappa shape index (κ3) is 4.24. The minimum Gasteiger partial charge on any atom is -0.283 e. The van der Waals surface area contributed by atoms with Crippen LogP contribution in [0.25, 0.3) is 10.2 Å². The molecule has 0 N–H and O–H groups in total. The number of fused-ring (bicyclic) bond motifs is 3. The SMILES string of the molecule is C=C(C)CSc1nc2sc3c(c2c(=O)n1CC(=C)C)CC[C@@H](C(C)(C)C)C3. The van der Waals surface area contributed by atoms with E-state index in [-0.39, 0.29) is 5.56 Å². The summed E-state index contributed by atoms with van der Waals surface area (Å²) in [5, 5.41) is 1.63. The van der Waals surface area contributed by atoms with Crippen LogP contribution in [0.4, 0.5) is 0 Å². The summed E-state index contributed by atoms with van der Waals surface area (Å²) in [6.07, 6.45) is 3.20. The number of aromatic nitrogens is 2. The van der Waals surface area contributed by atoms with Crippen LogP contribution in [0.2, 0.25) is 0 Å². The Kier molecular flexibility index (Phi) is 5.74. The smallest absolute Gasteiger partial charge is 0.263 e. The molecule has 2 aromatic rings. The second-order valence-electron chi connectivity index (χ2n) is 8.98. The summed E-state index contributed by atoms with van der Waals surface area (Å²) >= 11 is 3.32. The predicted molar refractivity (Wildman–Crippen MR) is 119 cm³/mol. The molecule has 0 unspecified atom stereocenters. The number of allylic oxidation sites excluding steroid dienone is 1. The number of thiophene rings is 1. The number of hydrogen-bond acceptors (Lipinski definition) is 4. The van der Waals surface area contributed by atoms with Gasteiger partial charge in [-0.15, -0.1) is 11.3 Å². The second-order valence-corrected chi connectivity index (χ2v) is 11.0. The second kappa shape index (κ2) is 7.59. The highest BCUT2D eigenvalue weighted by molar-refractivity contribution is 7.99. The van der Waals surface area contributed by atoms with Crippen LogP contribution in [0.1, 0.15) is 51.5 Å². The van der Waals surface area contributed by atoms with Gasteiger partial charge in [0.05, 0.1) is 5.39 Å². The molecule has 0 aromatic carbocycles.